The maximum absolute atomic E-state index is 11.9. The Labute approximate surface area is 120 Å². The first kappa shape index (κ1) is 16.4. The van der Waals surface area contributed by atoms with Crippen LogP contribution in [0.2, 0.25) is 5.02 Å². The van der Waals surface area contributed by atoms with Gasteiger partial charge in [-0.05, 0) is 30.7 Å². The minimum Gasteiger partial charge on any atom is -0.481 e. The summed E-state index contributed by atoms with van der Waals surface area (Å²) in [6.07, 6.45) is -0.808. The number of nitrogens with one attached hydrogen (secondary N) is 1. The molecule has 0 saturated heterocycles. The van der Waals surface area contributed by atoms with E-state index in [1.807, 2.05) is 4.72 Å². The second-order valence-electron chi connectivity index (χ2n) is 3.90. The Morgan fingerprint density at radius 3 is 2.20 bits per heavy atom. The van der Waals surface area contributed by atoms with Gasteiger partial charge in [0.2, 0.25) is 10.0 Å². The molecule has 0 saturated carbocycles. The molecule has 1 aromatic carbocycles. The van der Waals surface area contributed by atoms with E-state index in [1.54, 1.807) is 0 Å². The smallest absolute Gasteiger partial charge is 0.321 e. The van der Waals surface area contributed by atoms with Crippen LogP contribution in [0.15, 0.2) is 29.2 Å². The fourth-order valence-corrected chi connectivity index (χ4v) is 2.72. The molecule has 1 rings (SSSR count). The molecule has 9 heteroatoms. The third kappa shape index (κ3) is 4.80. The Hall–Kier alpha value is -1.64. The van der Waals surface area contributed by atoms with E-state index < -0.39 is 34.4 Å². The molecule has 0 radical (unpaired) electrons. The number of halogens is 1. The number of benzene rings is 1. The highest BCUT2D eigenvalue weighted by atomic mass is 35.5. The first-order valence-electron chi connectivity index (χ1n) is 5.45. The summed E-state index contributed by atoms with van der Waals surface area (Å²) in [6, 6.07) is 3.64. The summed E-state index contributed by atoms with van der Waals surface area (Å²) in [4.78, 5) is 21.2. The van der Waals surface area contributed by atoms with Crippen LogP contribution in [-0.4, -0.2) is 36.6 Å². The van der Waals surface area contributed by atoms with E-state index in [2.05, 4.69) is 0 Å². The Bertz CT molecular complexity index is 598. The van der Waals surface area contributed by atoms with Crippen LogP contribution in [0.5, 0.6) is 0 Å². The van der Waals surface area contributed by atoms with Crippen molar-refractivity contribution in [2.45, 2.75) is 23.8 Å². The number of carboxylic acid groups (broad SMARTS) is 2. The van der Waals surface area contributed by atoms with E-state index in [0.29, 0.717) is 5.02 Å². The van der Waals surface area contributed by atoms with E-state index in [4.69, 9.17) is 21.8 Å². The first-order valence-corrected chi connectivity index (χ1v) is 7.31. The van der Waals surface area contributed by atoms with E-state index >= 15 is 0 Å². The highest BCUT2D eigenvalue weighted by Crippen LogP contribution is 2.15. The lowest BCUT2D eigenvalue weighted by atomic mass is 10.2. The van der Waals surface area contributed by atoms with Gasteiger partial charge in [0.1, 0.15) is 6.04 Å². The van der Waals surface area contributed by atoms with Crippen LogP contribution >= 0.6 is 11.6 Å². The summed E-state index contributed by atoms with van der Waals surface area (Å²) in [6.45, 7) is 0. The van der Waals surface area contributed by atoms with Gasteiger partial charge in [0, 0.05) is 11.4 Å². The van der Waals surface area contributed by atoms with Crippen LogP contribution in [-0.2, 0) is 19.6 Å². The zero-order chi connectivity index (χ0) is 15.3. The van der Waals surface area contributed by atoms with Gasteiger partial charge >= 0.3 is 11.9 Å². The third-order valence-corrected chi connectivity index (χ3v) is 4.11. The lowest BCUT2D eigenvalue weighted by Gasteiger charge is -2.13. The molecule has 0 aromatic heterocycles. The molecule has 0 aliphatic carbocycles. The highest BCUT2D eigenvalue weighted by Gasteiger charge is 2.25. The molecular weight excluding hydrogens is 310 g/mol. The highest BCUT2D eigenvalue weighted by molar-refractivity contribution is 7.89. The maximum atomic E-state index is 11.9. The minimum atomic E-state index is -4.05. The molecule has 3 N–H and O–H groups in total. The molecule has 1 aromatic rings. The van der Waals surface area contributed by atoms with E-state index in [-0.39, 0.29) is 11.3 Å². The molecule has 0 fully saturated rings. The van der Waals surface area contributed by atoms with Gasteiger partial charge in [-0.2, -0.15) is 4.72 Å². The van der Waals surface area contributed by atoms with Crippen molar-refractivity contribution in [2.75, 3.05) is 0 Å². The standard InChI is InChI=1S/C11H12ClNO6S/c12-7-1-3-8(4-2-7)20(18,19)13-9(11(16)17)5-6-10(14)15/h1-4,9,13H,5-6H2,(H,14,15)(H,16,17). The summed E-state index contributed by atoms with van der Waals surface area (Å²) < 4.78 is 25.8. The SMILES string of the molecule is O=C(O)CCC(NS(=O)(=O)c1ccc(Cl)cc1)C(=O)O. The van der Waals surface area contributed by atoms with E-state index in [0.717, 1.165) is 0 Å². The van der Waals surface area contributed by atoms with Crippen LogP contribution in [0.3, 0.4) is 0 Å². The van der Waals surface area contributed by atoms with Gasteiger partial charge in [0.25, 0.3) is 0 Å². The fourth-order valence-electron chi connectivity index (χ4n) is 1.37. The largest absolute Gasteiger partial charge is 0.481 e. The quantitative estimate of drug-likeness (QED) is 0.687. The Balaban J connectivity index is 2.88. The summed E-state index contributed by atoms with van der Waals surface area (Å²) in [5.41, 5.74) is 0. The second-order valence-corrected chi connectivity index (χ2v) is 6.05. The topological polar surface area (TPSA) is 121 Å². The van der Waals surface area contributed by atoms with Gasteiger partial charge in [0.15, 0.2) is 0 Å². The van der Waals surface area contributed by atoms with E-state index in [9.17, 15) is 18.0 Å². The predicted molar refractivity (Wildman–Crippen MR) is 70.1 cm³/mol. The van der Waals surface area contributed by atoms with Crippen molar-refractivity contribution in [3.8, 4) is 0 Å². The van der Waals surface area contributed by atoms with Crippen molar-refractivity contribution in [3.63, 3.8) is 0 Å². The molecule has 0 aliphatic rings. The normalized spacial score (nSPS) is 12.8. The lowest BCUT2D eigenvalue weighted by Crippen LogP contribution is -2.41. The van der Waals surface area contributed by atoms with E-state index in [1.165, 1.54) is 24.3 Å². The monoisotopic (exact) mass is 321 g/mol. The molecule has 110 valence electrons. The average Bonchev–Trinajstić information content (AvgIpc) is 2.34. The molecule has 0 spiro atoms. The predicted octanol–water partition coefficient (Wildman–Crippen LogP) is 0.936. The number of aliphatic carboxylic acids is 2. The molecular formula is C11H12ClNO6S. The van der Waals surface area contributed by atoms with Gasteiger partial charge in [-0.3, -0.25) is 9.59 Å². The van der Waals surface area contributed by atoms with Gasteiger partial charge < -0.3 is 10.2 Å². The number of hydrogen-bond donors (Lipinski definition) is 3. The number of sulfonamides is 1. The van der Waals surface area contributed by atoms with Crippen molar-refractivity contribution in [1.29, 1.82) is 0 Å². The van der Waals surface area contributed by atoms with Crippen molar-refractivity contribution in [3.05, 3.63) is 29.3 Å². The number of carboxylic acids is 2. The molecule has 1 atom stereocenters. The van der Waals surface area contributed by atoms with Crippen molar-refractivity contribution < 1.29 is 28.2 Å². The van der Waals surface area contributed by atoms with Crippen LogP contribution < -0.4 is 4.72 Å². The maximum Gasteiger partial charge on any atom is 0.321 e. The third-order valence-electron chi connectivity index (χ3n) is 2.37. The molecule has 20 heavy (non-hydrogen) atoms. The number of hydrogen-bond acceptors (Lipinski definition) is 4. The lowest BCUT2D eigenvalue weighted by molar-refractivity contribution is -0.140. The molecule has 0 aliphatic heterocycles. The Morgan fingerprint density at radius 1 is 1.20 bits per heavy atom. The first-order chi connectivity index (χ1) is 9.22. The van der Waals surface area contributed by atoms with Crippen molar-refractivity contribution in [2.24, 2.45) is 0 Å². The average molecular weight is 322 g/mol. The minimum absolute atomic E-state index is 0.150. The molecule has 1 unspecified atom stereocenters. The Kier molecular flexibility index (Phi) is 5.49. The zero-order valence-electron chi connectivity index (χ0n) is 10.1. The molecule has 0 heterocycles. The zero-order valence-corrected chi connectivity index (χ0v) is 11.7. The van der Waals surface area contributed by atoms with Crippen LogP contribution in [0, 0.1) is 0 Å². The van der Waals surface area contributed by atoms with Gasteiger partial charge in [-0.25, -0.2) is 8.42 Å². The van der Waals surface area contributed by atoms with Crippen LogP contribution in [0.4, 0.5) is 0 Å². The van der Waals surface area contributed by atoms with Gasteiger partial charge in [0.05, 0.1) is 4.90 Å². The molecule has 7 nitrogen and oxygen atoms in total. The molecule has 0 bridgehead atoms. The number of carbonyl (C=O) groups is 2. The van der Waals surface area contributed by atoms with Crippen molar-refractivity contribution >= 4 is 33.6 Å². The summed E-state index contributed by atoms with van der Waals surface area (Å²) in [7, 11) is -4.05. The number of rotatable bonds is 7. The molecule has 0 amide bonds. The van der Waals surface area contributed by atoms with Gasteiger partial charge in [-0.15, -0.1) is 0 Å². The van der Waals surface area contributed by atoms with Crippen LogP contribution in [0.1, 0.15) is 12.8 Å². The second kappa shape index (κ2) is 6.69. The fraction of sp³-hybridized carbons (Fsp3) is 0.273. The summed E-state index contributed by atoms with van der Waals surface area (Å²) >= 11 is 5.63. The summed E-state index contributed by atoms with van der Waals surface area (Å²) in [5, 5.41) is 17.7. The van der Waals surface area contributed by atoms with Crippen molar-refractivity contribution in [1.82, 2.24) is 4.72 Å². The van der Waals surface area contributed by atoms with Gasteiger partial charge in [-0.1, -0.05) is 11.6 Å². The van der Waals surface area contributed by atoms with Crippen LogP contribution in [0.25, 0.3) is 0 Å². The Morgan fingerprint density at radius 2 is 1.75 bits per heavy atom. The summed E-state index contributed by atoms with van der Waals surface area (Å²) in [5.74, 6) is -2.65.